The lowest BCUT2D eigenvalue weighted by Gasteiger charge is -2.13. The van der Waals surface area contributed by atoms with Crippen LogP contribution in [0.15, 0.2) is 28.0 Å². The summed E-state index contributed by atoms with van der Waals surface area (Å²) >= 11 is 0. The van der Waals surface area contributed by atoms with Crippen LogP contribution in [0.25, 0.3) is 11.3 Å². The third kappa shape index (κ3) is 4.60. The van der Waals surface area contributed by atoms with Crippen molar-refractivity contribution in [1.82, 2.24) is 14.9 Å². The summed E-state index contributed by atoms with van der Waals surface area (Å²) in [5.74, 6) is 0.824. The standard InChI is InChI=1S/C19H28N6O/c1-3-16-14(2)22-19(23-17(16)15-7-12-26-13-15)24-18(20)21-8-6-11-25-9-4-5-10-25/h7,12-13H,3-6,8-11H2,1-2H3,(H3,20,21,22,23,24). The molecule has 2 aromatic rings. The number of nitrogens with zero attached hydrogens (tertiary/aromatic N) is 4. The lowest BCUT2D eigenvalue weighted by molar-refractivity contribution is 0.336. The summed E-state index contributed by atoms with van der Waals surface area (Å²) in [5.41, 5.74) is 9.87. The predicted octanol–water partition coefficient (Wildman–Crippen LogP) is 2.82. The number of furan rings is 1. The molecule has 1 saturated heterocycles. The molecule has 0 saturated carbocycles. The lowest BCUT2D eigenvalue weighted by atomic mass is 10.1. The van der Waals surface area contributed by atoms with Crippen LogP contribution in [-0.2, 0) is 6.42 Å². The number of rotatable bonds is 7. The molecule has 7 heteroatoms. The van der Waals surface area contributed by atoms with Crippen molar-refractivity contribution in [2.75, 3.05) is 31.5 Å². The van der Waals surface area contributed by atoms with Crippen molar-refractivity contribution in [2.45, 2.75) is 39.5 Å². The van der Waals surface area contributed by atoms with Crippen LogP contribution < -0.4 is 11.1 Å². The number of likely N-dealkylation sites (tertiary alicyclic amines) is 1. The largest absolute Gasteiger partial charge is 0.472 e. The monoisotopic (exact) mass is 356 g/mol. The molecule has 0 atom stereocenters. The summed E-state index contributed by atoms with van der Waals surface area (Å²) in [6, 6.07) is 1.90. The Kier molecular flexibility index (Phi) is 6.22. The molecule has 0 aromatic carbocycles. The van der Waals surface area contributed by atoms with Crippen LogP contribution in [0, 0.1) is 6.92 Å². The van der Waals surface area contributed by atoms with Gasteiger partial charge in [-0.05, 0) is 63.9 Å². The third-order valence-electron chi connectivity index (χ3n) is 4.72. The van der Waals surface area contributed by atoms with E-state index in [9.17, 15) is 0 Å². The zero-order chi connectivity index (χ0) is 18.4. The first-order valence-electron chi connectivity index (χ1n) is 9.36. The second kappa shape index (κ2) is 8.80. The molecule has 7 nitrogen and oxygen atoms in total. The molecule has 0 spiro atoms. The Balaban J connectivity index is 1.64. The van der Waals surface area contributed by atoms with Gasteiger partial charge in [0.15, 0.2) is 5.96 Å². The summed E-state index contributed by atoms with van der Waals surface area (Å²) < 4.78 is 5.20. The fraction of sp³-hybridized carbons (Fsp3) is 0.526. The molecule has 0 amide bonds. The van der Waals surface area contributed by atoms with E-state index in [1.54, 1.807) is 12.5 Å². The molecule has 3 heterocycles. The molecular formula is C19H28N6O. The van der Waals surface area contributed by atoms with Crippen LogP contribution in [0.3, 0.4) is 0 Å². The maximum Gasteiger partial charge on any atom is 0.230 e. The minimum absolute atomic E-state index is 0.355. The highest BCUT2D eigenvalue weighted by atomic mass is 16.3. The number of aliphatic imine (C=N–C) groups is 1. The first-order chi connectivity index (χ1) is 12.7. The summed E-state index contributed by atoms with van der Waals surface area (Å²) in [7, 11) is 0. The van der Waals surface area contributed by atoms with Gasteiger partial charge >= 0.3 is 0 Å². The van der Waals surface area contributed by atoms with Gasteiger partial charge in [0.2, 0.25) is 5.95 Å². The Morgan fingerprint density at radius 1 is 1.35 bits per heavy atom. The molecule has 0 aliphatic carbocycles. The fourth-order valence-corrected chi connectivity index (χ4v) is 3.37. The average Bonchev–Trinajstić information content (AvgIpc) is 3.32. The number of guanidine groups is 1. The van der Waals surface area contributed by atoms with Crippen molar-refractivity contribution in [3.63, 3.8) is 0 Å². The molecule has 0 unspecified atom stereocenters. The van der Waals surface area contributed by atoms with E-state index in [4.69, 9.17) is 10.2 Å². The van der Waals surface area contributed by atoms with Gasteiger partial charge in [-0.25, -0.2) is 9.97 Å². The number of nitrogens with two attached hydrogens (primary N) is 1. The van der Waals surface area contributed by atoms with Crippen LogP contribution in [0.5, 0.6) is 0 Å². The molecule has 2 aromatic heterocycles. The molecule has 1 aliphatic heterocycles. The highest BCUT2D eigenvalue weighted by Crippen LogP contribution is 2.25. The van der Waals surface area contributed by atoms with Crippen molar-refractivity contribution < 1.29 is 4.42 Å². The van der Waals surface area contributed by atoms with Gasteiger partial charge in [0.25, 0.3) is 0 Å². The van der Waals surface area contributed by atoms with E-state index in [2.05, 4.69) is 32.1 Å². The summed E-state index contributed by atoms with van der Waals surface area (Å²) in [5, 5.41) is 3.03. The number of hydrogen-bond acceptors (Lipinski definition) is 5. The van der Waals surface area contributed by atoms with Crippen LogP contribution in [0.1, 0.15) is 37.4 Å². The van der Waals surface area contributed by atoms with Crippen molar-refractivity contribution in [2.24, 2.45) is 10.7 Å². The zero-order valence-electron chi connectivity index (χ0n) is 15.7. The van der Waals surface area contributed by atoms with Gasteiger partial charge in [0.05, 0.1) is 18.2 Å². The normalized spacial score (nSPS) is 15.5. The topological polar surface area (TPSA) is 92.6 Å². The molecule has 3 rings (SSSR count). The molecule has 26 heavy (non-hydrogen) atoms. The number of aromatic nitrogens is 2. The Labute approximate surface area is 154 Å². The van der Waals surface area contributed by atoms with Gasteiger partial charge < -0.3 is 15.1 Å². The van der Waals surface area contributed by atoms with Gasteiger partial charge in [-0.2, -0.15) is 0 Å². The van der Waals surface area contributed by atoms with Gasteiger partial charge in [-0.3, -0.25) is 10.3 Å². The number of aryl methyl sites for hydroxylation is 1. The minimum atomic E-state index is 0.355. The van der Waals surface area contributed by atoms with Crippen LogP contribution >= 0.6 is 0 Å². The van der Waals surface area contributed by atoms with Gasteiger partial charge in [0, 0.05) is 17.8 Å². The fourth-order valence-electron chi connectivity index (χ4n) is 3.37. The van der Waals surface area contributed by atoms with E-state index in [1.807, 2.05) is 13.0 Å². The van der Waals surface area contributed by atoms with Crippen LogP contribution in [0.2, 0.25) is 0 Å². The van der Waals surface area contributed by atoms with Crippen LogP contribution in [0.4, 0.5) is 5.95 Å². The SMILES string of the molecule is CCc1c(C)nc(NC(N)=NCCCN2CCCC2)nc1-c1ccoc1. The highest BCUT2D eigenvalue weighted by Gasteiger charge is 2.14. The number of anilines is 1. The van der Waals surface area contributed by atoms with Crippen molar-refractivity contribution in [3.8, 4) is 11.3 Å². The second-order valence-electron chi connectivity index (χ2n) is 6.62. The van der Waals surface area contributed by atoms with Gasteiger partial charge in [-0.1, -0.05) is 6.92 Å². The summed E-state index contributed by atoms with van der Waals surface area (Å²) in [6.45, 7) is 8.30. The van der Waals surface area contributed by atoms with Gasteiger partial charge in [0.1, 0.15) is 0 Å². The first kappa shape index (κ1) is 18.4. The molecular weight excluding hydrogens is 328 g/mol. The quantitative estimate of drug-likeness (QED) is 0.450. The van der Waals surface area contributed by atoms with E-state index in [0.717, 1.165) is 41.9 Å². The van der Waals surface area contributed by atoms with Gasteiger partial charge in [-0.15, -0.1) is 0 Å². The predicted molar refractivity (Wildman–Crippen MR) is 104 cm³/mol. The van der Waals surface area contributed by atoms with Crippen LogP contribution in [-0.4, -0.2) is 47.0 Å². The van der Waals surface area contributed by atoms with Crippen molar-refractivity contribution in [1.29, 1.82) is 0 Å². The van der Waals surface area contributed by atoms with E-state index < -0.39 is 0 Å². The molecule has 3 N–H and O–H groups in total. The molecule has 1 aliphatic rings. The minimum Gasteiger partial charge on any atom is -0.472 e. The Morgan fingerprint density at radius 3 is 2.85 bits per heavy atom. The van der Waals surface area contributed by atoms with E-state index >= 15 is 0 Å². The third-order valence-corrected chi connectivity index (χ3v) is 4.72. The lowest BCUT2D eigenvalue weighted by Crippen LogP contribution is -2.25. The van der Waals surface area contributed by atoms with E-state index in [0.29, 0.717) is 18.5 Å². The average molecular weight is 356 g/mol. The summed E-state index contributed by atoms with van der Waals surface area (Å²) in [4.78, 5) is 16.0. The highest BCUT2D eigenvalue weighted by molar-refractivity contribution is 5.90. The molecule has 1 fully saturated rings. The molecule has 0 radical (unpaired) electrons. The second-order valence-corrected chi connectivity index (χ2v) is 6.62. The van der Waals surface area contributed by atoms with E-state index in [-0.39, 0.29) is 0 Å². The maximum absolute atomic E-state index is 6.02. The number of nitrogens with one attached hydrogen (secondary N) is 1. The van der Waals surface area contributed by atoms with Crippen molar-refractivity contribution >= 4 is 11.9 Å². The Morgan fingerprint density at radius 2 is 2.15 bits per heavy atom. The van der Waals surface area contributed by atoms with E-state index in [1.165, 1.54) is 25.9 Å². The van der Waals surface area contributed by atoms with Crippen molar-refractivity contribution in [3.05, 3.63) is 29.9 Å². The zero-order valence-corrected chi connectivity index (χ0v) is 15.7. The molecule has 0 bridgehead atoms. The first-order valence-corrected chi connectivity index (χ1v) is 9.36. The number of hydrogen-bond donors (Lipinski definition) is 2. The Bertz CT molecular complexity index is 735. The molecule has 140 valence electrons. The maximum atomic E-state index is 6.02. The summed E-state index contributed by atoms with van der Waals surface area (Å²) in [6.07, 6.45) is 7.84. The smallest absolute Gasteiger partial charge is 0.230 e. The Hall–Kier alpha value is -2.41.